The number of carbonyl (C=O) groups excluding carboxylic acids is 4. The van der Waals surface area contributed by atoms with Gasteiger partial charge in [-0.3, -0.25) is 29.4 Å². The number of fused-ring (bicyclic) bond motifs is 4. The highest BCUT2D eigenvalue weighted by molar-refractivity contribution is 6.23. The standard InChI is InChI=1S/C60H50N10O10/c71-35-36-78-49-21-10-7-18-44(49)54-60(45-37-39(13-11-30-67-48-20-9-8-19-46(48)63-64-67)24-27-47(45)68(57(60)74)59(75)79-38-40-22-25-43(26-23-40)70(76)77)50(55(72)65-31-33-66(34-32-65)58-61-28-12-29-62-58)52-56(73)80-53(42-16-5-2-6-17-42)51(69(52)54)41-14-3-1-4-15-41/h1-10,12,14-29,37,50-54,71H,30-36,38H2/t50-,51-,52-,53+,54+,60-/m1/s1. The molecular weight excluding hydrogens is 1020 g/mol. The Morgan fingerprint density at radius 2 is 1.50 bits per heavy atom. The third kappa shape index (κ3) is 8.97. The summed E-state index contributed by atoms with van der Waals surface area (Å²) in [7, 11) is 0. The van der Waals surface area contributed by atoms with Crippen LogP contribution < -0.4 is 14.5 Å². The zero-order valence-corrected chi connectivity index (χ0v) is 42.8. The van der Waals surface area contributed by atoms with Crippen LogP contribution in [-0.4, -0.2) is 114 Å². The summed E-state index contributed by atoms with van der Waals surface area (Å²) >= 11 is 0. The number of anilines is 2. The van der Waals surface area contributed by atoms with Crippen LogP contribution in [0.15, 0.2) is 170 Å². The molecule has 1 N–H and O–H groups in total. The van der Waals surface area contributed by atoms with Gasteiger partial charge in [0, 0.05) is 61.8 Å². The van der Waals surface area contributed by atoms with Crippen LogP contribution in [0.2, 0.25) is 0 Å². The Kier molecular flexibility index (Phi) is 13.7. The molecule has 1 spiro atoms. The molecule has 20 nitrogen and oxygen atoms in total. The number of nitro benzene ring substituents is 1. The highest BCUT2D eigenvalue weighted by Gasteiger charge is 2.76. The number of para-hydroxylation sites is 2. The number of imide groups is 1. The van der Waals surface area contributed by atoms with E-state index in [-0.39, 0.29) is 55.5 Å². The van der Waals surface area contributed by atoms with Crippen LogP contribution in [0.5, 0.6) is 5.75 Å². The topological polar surface area (TPSA) is 229 Å². The van der Waals surface area contributed by atoms with E-state index in [1.54, 1.807) is 70.5 Å². The van der Waals surface area contributed by atoms with Gasteiger partial charge in [-0.05, 0) is 76.9 Å². The molecule has 0 bridgehead atoms. The molecule has 0 saturated carbocycles. The minimum absolute atomic E-state index is 0.0724. The quantitative estimate of drug-likeness (QED) is 0.0568. The fraction of sp³-hybridized carbons (Fsp3) is 0.233. The summed E-state index contributed by atoms with van der Waals surface area (Å²) in [6.45, 7) is 0.130. The molecule has 2 aromatic heterocycles. The monoisotopic (exact) mass is 1070 g/mol. The largest absolute Gasteiger partial charge is 0.491 e. The van der Waals surface area contributed by atoms with Crippen LogP contribution in [-0.2, 0) is 42.4 Å². The number of aliphatic hydroxyl groups excluding tert-OH is 1. The predicted octanol–water partition coefficient (Wildman–Crippen LogP) is 6.90. The summed E-state index contributed by atoms with van der Waals surface area (Å²) < 4.78 is 20.7. The first-order valence-electron chi connectivity index (χ1n) is 26.0. The van der Waals surface area contributed by atoms with Gasteiger partial charge in [0.15, 0.2) is 0 Å². The smallest absolute Gasteiger partial charge is 0.421 e. The summed E-state index contributed by atoms with van der Waals surface area (Å²) in [5.41, 5.74) is 1.89. The maximum absolute atomic E-state index is 17.0. The molecule has 3 amide bonds. The van der Waals surface area contributed by atoms with Crippen LogP contribution in [0.1, 0.15) is 51.6 Å². The van der Waals surface area contributed by atoms with Crippen molar-refractivity contribution in [1.82, 2.24) is 34.8 Å². The first kappa shape index (κ1) is 50.9. The van der Waals surface area contributed by atoms with Crippen LogP contribution >= 0.6 is 0 Å². The first-order chi connectivity index (χ1) is 39.1. The number of hydrogen-bond donors (Lipinski definition) is 1. The molecule has 0 radical (unpaired) electrons. The molecule has 6 atom stereocenters. The van der Waals surface area contributed by atoms with Crippen LogP contribution in [0.25, 0.3) is 11.0 Å². The number of morpholine rings is 1. The van der Waals surface area contributed by atoms with Crippen molar-refractivity contribution >= 4 is 52.2 Å². The van der Waals surface area contributed by atoms with Crippen molar-refractivity contribution in [2.45, 2.75) is 42.8 Å². The van der Waals surface area contributed by atoms with Gasteiger partial charge in [-0.1, -0.05) is 108 Å². The van der Waals surface area contributed by atoms with Crippen molar-refractivity contribution in [3.05, 3.63) is 214 Å². The highest BCUT2D eigenvalue weighted by atomic mass is 16.6. The van der Waals surface area contributed by atoms with Crippen molar-refractivity contribution in [3.63, 3.8) is 0 Å². The minimum atomic E-state index is -2.20. The van der Waals surface area contributed by atoms with Crippen LogP contribution in [0.3, 0.4) is 0 Å². The van der Waals surface area contributed by atoms with Crippen molar-refractivity contribution < 1.29 is 43.4 Å². The Morgan fingerprint density at radius 1 is 0.800 bits per heavy atom. The van der Waals surface area contributed by atoms with Gasteiger partial charge in [0.2, 0.25) is 17.8 Å². The van der Waals surface area contributed by atoms with Gasteiger partial charge >= 0.3 is 12.1 Å². The lowest BCUT2D eigenvalue weighted by Crippen LogP contribution is -2.59. The number of nitro groups is 1. The Morgan fingerprint density at radius 3 is 2.24 bits per heavy atom. The number of ether oxygens (including phenoxy) is 3. The Labute approximate surface area is 457 Å². The van der Waals surface area contributed by atoms with E-state index in [1.165, 1.54) is 24.3 Å². The Bertz CT molecular complexity index is 3720. The molecule has 400 valence electrons. The van der Waals surface area contributed by atoms with E-state index < -0.39 is 71.0 Å². The molecular formula is C60H50N10O10. The van der Waals surface area contributed by atoms with Gasteiger partial charge in [0.1, 0.15) is 48.6 Å². The molecule has 0 aliphatic carbocycles. The fourth-order valence-corrected chi connectivity index (χ4v) is 11.9. The van der Waals surface area contributed by atoms with Crippen molar-refractivity contribution in [2.24, 2.45) is 5.92 Å². The number of esters is 1. The average Bonchev–Trinajstić information content (AvgIpc) is 4.35. The molecule has 80 heavy (non-hydrogen) atoms. The number of piperazine rings is 1. The summed E-state index contributed by atoms with van der Waals surface area (Å²) in [6, 6.07) is 41.6. The number of nitrogens with zero attached hydrogens (tertiary/aromatic N) is 10. The van der Waals surface area contributed by atoms with E-state index in [0.717, 1.165) is 10.4 Å². The molecule has 3 saturated heterocycles. The summed E-state index contributed by atoms with van der Waals surface area (Å²) in [5.74, 6) is 3.37. The lowest BCUT2D eigenvalue weighted by atomic mass is 9.64. The van der Waals surface area contributed by atoms with E-state index >= 15 is 19.2 Å². The molecule has 20 heteroatoms. The lowest BCUT2D eigenvalue weighted by molar-refractivity contribution is -0.384. The molecule has 3 fully saturated rings. The second-order valence-corrected chi connectivity index (χ2v) is 19.6. The van der Waals surface area contributed by atoms with E-state index in [2.05, 4.69) is 32.1 Å². The Balaban J connectivity index is 1.09. The number of rotatable bonds is 12. The van der Waals surface area contributed by atoms with Crippen molar-refractivity contribution in [2.75, 3.05) is 49.2 Å². The summed E-state index contributed by atoms with van der Waals surface area (Å²) in [6.07, 6.45) is 1.17. The third-order valence-electron chi connectivity index (χ3n) is 15.3. The number of amides is 3. The number of carbonyl (C=O) groups is 4. The zero-order chi connectivity index (χ0) is 54.9. The van der Waals surface area contributed by atoms with E-state index in [9.17, 15) is 15.2 Å². The predicted molar refractivity (Wildman–Crippen MR) is 289 cm³/mol. The van der Waals surface area contributed by atoms with Gasteiger partial charge < -0.3 is 29.1 Å². The van der Waals surface area contributed by atoms with Gasteiger partial charge in [-0.15, -0.1) is 5.10 Å². The van der Waals surface area contributed by atoms with E-state index in [1.807, 2.05) is 94.7 Å². The zero-order valence-electron chi connectivity index (χ0n) is 42.8. The normalized spacial score (nSPS) is 21.4. The number of aromatic nitrogens is 5. The van der Waals surface area contributed by atoms with E-state index in [0.29, 0.717) is 52.4 Å². The molecule has 6 heterocycles. The molecule has 12 rings (SSSR count). The van der Waals surface area contributed by atoms with Gasteiger partial charge in [-0.2, -0.15) is 0 Å². The SMILES string of the molecule is O=C1O[C@@H](c2ccccc2)[C@@H](c2ccccc2)N2[C@@H](c3ccccc3OCCO)[C@]3(C(=O)N(C(=O)OCc4ccc([N+](=O)[O-])cc4)c4ccc(C#CCn5nnc6ccccc65)cc43)[C@@H](C(=O)N3CCN(c4ncccn4)CC3)[C@H]12. The molecule has 4 aliphatic rings. The number of non-ortho nitro benzene ring substituents is 1. The van der Waals surface area contributed by atoms with E-state index in [4.69, 9.17) is 14.2 Å². The second kappa shape index (κ2) is 21.5. The fourth-order valence-electron chi connectivity index (χ4n) is 11.9. The number of aliphatic hydroxyl groups is 1. The number of cyclic esters (lactones) is 1. The van der Waals surface area contributed by atoms with Crippen molar-refractivity contribution in [3.8, 4) is 17.6 Å². The summed E-state index contributed by atoms with van der Waals surface area (Å²) in [5, 5.41) is 30.4. The highest BCUT2D eigenvalue weighted by Crippen LogP contribution is 2.67. The maximum atomic E-state index is 17.0. The molecule has 6 aromatic carbocycles. The first-order valence-corrected chi connectivity index (χ1v) is 26.0. The van der Waals surface area contributed by atoms with Gasteiger partial charge in [0.25, 0.3) is 5.69 Å². The number of benzene rings is 6. The summed E-state index contributed by atoms with van der Waals surface area (Å²) in [4.78, 5) is 90.8. The average molecular weight is 1070 g/mol. The minimum Gasteiger partial charge on any atom is -0.491 e. The second-order valence-electron chi connectivity index (χ2n) is 19.6. The molecule has 8 aromatic rings. The van der Waals surface area contributed by atoms with Gasteiger partial charge in [0.05, 0.1) is 40.7 Å². The van der Waals surface area contributed by atoms with Gasteiger partial charge in [-0.25, -0.2) is 24.3 Å². The number of hydrogen-bond acceptors (Lipinski definition) is 16. The maximum Gasteiger partial charge on any atom is 0.421 e. The Hall–Kier alpha value is -9.84. The third-order valence-corrected chi connectivity index (χ3v) is 15.3. The lowest BCUT2D eigenvalue weighted by Gasteiger charge is -2.46. The van der Waals surface area contributed by atoms with Crippen LogP contribution in [0, 0.1) is 27.9 Å². The van der Waals surface area contributed by atoms with Crippen molar-refractivity contribution in [1.29, 1.82) is 0 Å². The van der Waals surface area contributed by atoms with Crippen LogP contribution in [0.4, 0.5) is 22.1 Å². The molecule has 4 aliphatic heterocycles. The molecule has 0 unspecified atom stereocenters.